The molecule has 1 N–H and O–H groups in total. The maximum absolute atomic E-state index is 13.5. The highest BCUT2D eigenvalue weighted by Gasteiger charge is 2.64. The van der Waals surface area contributed by atoms with Gasteiger partial charge in [-0.3, -0.25) is 9.69 Å². The smallest absolute Gasteiger partial charge is 0.358 e. The van der Waals surface area contributed by atoms with Crippen LogP contribution in [-0.4, -0.2) is 98.9 Å². The second kappa shape index (κ2) is 14.8. The summed E-state index contributed by atoms with van der Waals surface area (Å²) in [7, 11) is 2.88. The molecule has 1 aliphatic carbocycles. The van der Waals surface area contributed by atoms with Crippen LogP contribution >= 0.6 is 0 Å². The lowest BCUT2D eigenvalue weighted by Gasteiger charge is -2.63. The normalized spacial score (nSPS) is 21.6. The van der Waals surface area contributed by atoms with Crippen molar-refractivity contribution >= 4 is 23.4 Å². The summed E-state index contributed by atoms with van der Waals surface area (Å²) in [6.45, 7) is 15.2. The summed E-state index contributed by atoms with van der Waals surface area (Å²) in [5.41, 5.74) is 1.81. The first-order valence-corrected chi connectivity index (χ1v) is 17.7. The highest BCUT2D eigenvalue weighted by molar-refractivity contribution is 5.95. The van der Waals surface area contributed by atoms with Crippen molar-refractivity contribution in [1.82, 2.24) is 20.2 Å². The summed E-state index contributed by atoms with van der Waals surface area (Å²) in [5, 5.41) is 12.6. The third-order valence-electron chi connectivity index (χ3n) is 11.0. The summed E-state index contributed by atoms with van der Waals surface area (Å²) >= 11 is 0. The van der Waals surface area contributed by atoms with Crippen LogP contribution in [0.2, 0.25) is 0 Å². The zero-order chi connectivity index (χ0) is 36.3. The Kier molecular flexibility index (Phi) is 10.4. The lowest BCUT2D eigenvalue weighted by molar-refractivity contribution is -0.164. The number of esters is 1. The fourth-order valence-electron chi connectivity index (χ4n) is 8.40. The van der Waals surface area contributed by atoms with E-state index in [1.54, 1.807) is 31.5 Å². The maximum atomic E-state index is 13.5. The molecule has 1 amide bonds. The number of nitriles is 1. The molecule has 3 heterocycles. The van der Waals surface area contributed by atoms with Crippen LogP contribution in [0.5, 0.6) is 11.5 Å². The highest BCUT2D eigenvalue weighted by Crippen LogP contribution is 2.55. The number of aromatic nitrogens is 2. The predicted molar refractivity (Wildman–Crippen MR) is 194 cm³/mol. The van der Waals surface area contributed by atoms with Crippen LogP contribution in [0.15, 0.2) is 54.9 Å². The van der Waals surface area contributed by atoms with Crippen molar-refractivity contribution in [2.75, 3.05) is 69.8 Å². The summed E-state index contributed by atoms with van der Waals surface area (Å²) in [4.78, 5) is 40.9. The number of methoxy groups -OCH3 is 2. The van der Waals surface area contributed by atoms with E-state index in [-0.39, 0.29) is 34.6 Å². The second-order valence-corrected chi connectivity index (χ2v) is 15.0. The van der Waals surface area contributed by atoms with Crippen LogP contribution in [0.4, 0.5) is 11.5 Å². The van der Waals surface area contributed by atoms with E-state index >= 15 is 0 Å². The molecule has 6 rings (SSSR count). The fourth-order valence-corrected chi connectivity index (χ4v) is 8.40. The zero-order valence-electron chi connectivity index (χ0n) is 30.5. The Bertz CT molecular complexity index is 1720. The summed E-state index contributed by atoms with van der Waals surface area (Å²) < 4.78 is 16.5. The van der Waals surface area contributed by atoms with Crippen LogP contribution in [0, 0.1) is 28.1 Å². The monoisotopic (exact) mass is 695 g/mol. The van der Waals surface area contributed by atoms with Gasteiger partial charge in [0.2, 0.25) is 0 Å². The number of piperidine rings is 1. The van der Waals surface area contributed by atoms with Crippen molar-refractivity contribution in [1.29, 1.82) is 5.26 Å². The Balaban J connectivity index is 0.957. The maximum Gasteiger partial charge on any atom is 0.358 e. The van der Waals surface area contributed by atoms with Gasteiger partial charge in [0.25, 0.3) is 5.91 Å². The molecule has 12 nitrogen and oxygen atoms in total. The van der Waals surface area contributed by atoms with E-state index in [9.17, 15) is 14.9 Å². The summed E-state index contributed by atoms with van der Waals surface area (Å²) in [5.74, 6) is 1.99. The molecule has 0 unspecified atom stereocenters. The SMILES string of the molecule is COC(=O)c1cnc(N2CCN(CC3CCN(c4ccc(C(=O)NC5C(C)(C)C(Oc6ccc(C#N)c(OC)c6)C5(C)C)cc4)CC3)CC2)cn1. The number of carbonyl (C=O) groups excluding carboxylic acids is 2. The van der Waals surface area contributed by atoms with Crippen LogP contribution in [-0.2, 0) is 4.74 Å². The zero-order valence-corrected chi connectivity index (χ0v) is 30.5. The summed E-state index contributed by atoms with van der Waals surface area (Å²) in [6, 6.07) is 15.3. The first-order valence-electron chi connectivity index (χ1n) is 17.7. The standard InChI is InChI=1S/C39H49N7O5/c1-38(2)36(39(3,4)37(38)51-30-12-9-28(22-40)32(21-30)49-5)43-34(47)27-7-10-29(11-8-27)45-15-13-26(14-16-45)25-44-17-19-46(20-18-44)33-24-41-31(23-42-33)35(48)50-6/h7-12,21,23-24,26,36-37H,13-20,25H2,1-6H3,(H,43,47). The number of nitrogens with zero attached hydrogens (tertiary/aromatic N) is 6. The van der Waals surface area contributed by atoms with Gasteiger partial charge in [0, 0.05) is 80.0 Å². The van der Waals surface area contributed by atoms with Gasteiger partial charge in [-0.05, 0) is 55.2 Å². The number of nitrogens with one attached hydrogen (secondary N) is 1. The molecule has 3 fully saturated rings. The molecule has 0 atom stereocenters. The molecule has 51 heavy (non-hydrogen) atoms. The predicted octanol–water partition coefficient (Wildman–Crippen LogP) is 4.79. The highest BCUT2D eigenvalue weighted by atomic mass is 16.5. The minimum absolute atomic E-state index is 0.0877. The molecule has 0 spiro atoms. The van der Waals surface area contributed by atoms with Crippen molar-refractivity contribution in [3.8, 4) is 17.6 Å². The minimum atomic E-state index is -0.479. The van der Waals surface area contributed by atoms with Gasteiger partial charge in [-0.15, -0.1) is 0 Å². The molecular formula is C39H49N7O5. The fraction of sp³-hybridized carbons (Fsp3) is 0.513. The van der Waals surface area contributed by atoms with Crippen LogP contribution in [0.25, 0.3) is 0 Å². The number of anilines is 2. The number of hydrogen-bond acceptors (Lipinski definition) is 11. The van der Waals surface area contributed by atoms with E-state index in [0.29, 0.717) is 28.5 Å². The van der Waals surface area contributed by atoms with Crippen LogP contribution in [0.1, 0.15) is 66.9 Å². The molecule has 1 saturated carbocycles. The van der Waals surface area contributed by atoms with E-state index in [1.165, 1.54) is 13.3 Å². The van der Waals surface area contributed by atoms with Crippen LogP contribution < -0.4 is 24.6 Å². The average Bonchev–Trinajstić information content (AvgIpc) is 3.16. The second-order valence-electron chi connectivity index (χ2n) is 15.0. The van der Waals surface area contributed by atoms with Crippen molar-refractivity contribution in [2.45, 2.75) is 52.7 Å². The van der Waals surface area contributed by atoms with Gasteiger partial charge < -0.3 is 29.3 Å². The number of rotatable bonds is 10. The molecule has 2 aliphatic heterocycles. The molecule has 3 aliphatic rings. The van der Waals surface area contributed by atoms with Gasteiger partial charge in [-0.1, -0.05) is 27.7 Å². The third-order valence-corrected chi connectivity index (χ3v) is 11.0. The van der Waals surface area contributed by atoms with Gasteiger partial charge in [0.1, 0.15) is 29.5 Å². The Labute approximate surface area is 300 Å². The van der Waals surface area contributed by atoms with E-state index in [4.69, 9.17) is 14.2 Å². The summed E-state index contributed by atoms with van der Waals surface area (Å²) in [6.07, 6.45) is 5.23. The minimum Gasteiger partial charge on any atom is -0.495 e. The van der Waals surface area contributed by atoms with Gasteiger partial charge in [0.05, 0.1) is 32.2 Å². The molecular weight excluding hydrogens is 646 g/mol. The molecule has 3 aromatic rings. The van der Waals surface area contributed by atoms with E-state index in [1.807, 2.05) is 12.1 Å². The quantitative estimate of drug-likeness (QED) is 0.294. The Hall–Kier alpha value is -4.89. The van der Waals surface area contributed by atoms with Crippen molar-refractivity contribution in [3.05, 3.63) is 71.7 Å². The number of amides is 1. The van der Waals surface area contributed by atoms with E-state index in [2.05, 4.69) is 75.9 Å². The first-order chi connectivity index (χ1) is 24.4. The Morgan fingerprint density at radius 2 is 1.59 bits per heavy atom. The van der Waals surface area contributed by atoms with Gasteiger partial charge in [0.15, 0.2) is 5.69 Å². The largest absolute Gasteiger partial charge is 0.495 e. The van der Waals surface area contributed by atoms with Crippen molar-refractivity contribution in [3.63, 3.8) is 0 Å². The topological polar surface area (TPSA) is 133 Å². The number of hydrogen-bond donors (Lipinski definition) is 1. The van der Waals surface area contributed by atoms with E-state index < -0.39 is 5.97 Å². The Morgan fingerprint density at radius 1 is 0.902 bits per heavy atom. The first kappa shape index (κ1) is 35.9. The molecule has 0 bridgehead atoms. The molecule has 0 radical (unpaired) electrons. The third kappa shape index (κ3) is 7.45. The van der Waals surface area contributed by atoms with Gasteiger partial charge >= 0.3 is 5.97 Å². The number of piperazine rings is 1. The number of ether oxygens (including phenoxy) is 3. The molecule has 270 valence electrons. The Morgan fingerprint density at radius 3 is 2.18 bits per heavy atom. The van der Waals surface area contributed by atoms with E-state index in [0.717, 1.165) is 70.2 Å². The van der Waals surface area contributed by atoms with Gasteiger partial charge in [-0.25, -0.2) is 14.8 Å². The van der Waals surface area contributed by atoms with Crippen molar-refractivity contribution < 1.29 is 23.8 Å². The van der Waals surface area contributed by atoms with Crippen LogP contribution in [0.3, 0.4) is 0 Å². The number of carbonyl (C=O) groups is 2. The number of benzene rings is 2. The molecule has 1 aromatic heterocycles. The van der Waals surface area contributed by atoms with Crippen molar-refractivity contribution in [2.24, 2.45) is 16.7 Å². The molecule has 2 saturated heterocycles. The molecule has 12 heteroatoms. The molecule has 2 aromatic carbocycles. The average molecular weight is 696 g/mol. The lowest BCUT2D eigenvalue weighted by atomic mass is 9.49. The van der Waals surface area contributed by atoms with Gasteiger partial charge in [-0.2, -0.15) is 5.26 Å². The lowest BCUT2D eigenvalue weighted by Crippen LogP contribution is -2.74.